The van der Waals surface area contributed by atoms with Crippen LogP contribution in [0.2, 0.25) is 0 Å². The molecule has 4 nitrogen and oxygen atoms in total. The molecule has 0 saturated carbocycles. The van der Waals surface area contributed by atoms with Crippen molar-refractivity contribution in [1.82, 2.24) is 0 Å². The van der Waals surface area contributed by atoms with Crippen LogP contribution in [0, 0.1) is 24.4 Å². The Morgan fingerprint density at radius 1 is 0.897 bits per heavy atom. The van der Waals surface area contributed by atoms with Gasteiger partial charge in [0.25, 0.3) is 10.0 Å². The Balaban J connectivity index is 2.14. The summed E-state index contributed by atoms with van der Waals surface area (Å²) in [5.41, 5.74) is 0.530. The van der Waals surface area contributed by atoms with E-state index in [4.69, 9.17) is 4.74 Å². The smallest absolute Gasteiger partial charge is 0.264 e. The molecule has 0 heterocycles. The summed E-state index contributed by atoms with van der Waals surface area (Å²) in [6.45, 7) is 1.13. The number of methoxy groups -OCH3 is 1. The van der Waals surface area contributed by atoms with E-state index in [2.05, 4.69) is 0 Å². The maximum absolute atomic E-state index is 14.2. The van der Waals surface area contributed by atoms with Gasteiger partial charge < -0.3 is 4.74 Å². The highest BCUT2D eigenvalue weighted by molar-refractivity contribution is 7.92. The molecular weight excluding hydrogens is 403 g/mol. The third-order valence-electron chi connectivity index (χ3n) is 4.41. The predicted octanol–water partition coefficient (Wildman–Crippen LogP) is 4.82. The summed E-state index contributed by atoms with van der Waals surface area (Å²) >= 11 is 0. The van der Waals surface area contributed by atoms with Crippen LogP contribution in [0.4, 0.5) is 18.9 Å². The van der Waals surface area contributed by atoms with E-state index in [1.54, 1.807) is 12.1 Å². The number of sulfonamides is 1. The second kappa shape index (κ2) is 8.16. The highest BCUT2D eigenvalue weighted by Gasteiger charge is 2.28. The van der Waals surface area contributed by atoms with E-state index in [0.29, 0.717) is 17.4 Å². The monoisotopic (exact) mass is 421 g/mol. The quantitative estimate of drug-likeness (QED) is 0.574. The Morgan fingerprint density at radius 3 is 2.14 bits per heavy atom. The zero-order chi connectivity index (χ0) is 21.2. The van der Waals surface area contributed by atoms with Crippen molar-refractivity contribution in [3.63, 3.8) is 0 Å². The highest BCUT2D eigenvalue weighted by atomic mass is 32.2. The number of hydrogen-bond acceptors (Lipinski definition) is 3. The zero-order valence-corrected chi connectivity index (χ0v) is 16.5. The summed E-state index contributed by atoms with van der Waals surface area (Å²) in [7, 11) is -2.79. The first-order valence-corrected chi connectivity index (χ1v) is 10.0. The molecule has 0 amide bonds. The van der Waals surface area contributed by atoms with E-state index in [0.717, 1.165) is 22.5 Å². The van der Waals surface area contributed by atoms with Crippen molar-refractivity contribution in [2.75, 3.05) is 11.4 Å². The molecule has 3 aromatic carbocycles. The van der Waals surface area contributed by atoms with E-state index < -0.39 is 34.0 Å². The van der Waals surface area contributed by atoms with Gasteiger partial charge in [-0.1, -0.05) is 12.1 Å². The van der Waals surface area contributed by atoms with Crippen LogP contribution in [0.3, 0.4) is 0 Å². The standard InChI is InChI=1S/C21H18F3NO3S/c1-14-3-5-17(23)12-21(14)29(26,27)25(18-7-9-19(28-2)10-8-18)13-15-4-6-16(22)11-20(15)24/h3-12H,13H2,1-2H3. The van der Waals surface area contributed by atoms with Crippen molar-refractivity contribution in [1.29, 1.82) is 0 Å². The van der Waals surface area contributed by atoms with Gasteiger partial charge in [0.15, 0.2) is 0 Å². The first kappa shape index (κ1) is 20.7. The minimum atomic E-state index is -4.26. The van der Waals surface area contributed by atoms with Gasteiger partial charge in [0.2, 0.25) is 0 Å². The third kappa shape index (κ3) is 4.37. The molecule has 0 saturated heterocycles. The molecular formula is C21H18F3NO3S. The molecule has 0 aliphatic rings. The molecule has 0 unspecified atom stereocenters. The van der Waals surface area contributed by atoms with Gasteiger partial charge in [0, 0.05) is 11.6 Å². The highest BCUT2D eigenvalue weighted by Crippen LogP contribution is 2.30. The molecule has 3 aromatic rings. The molecule has 0 radical (unpaired) electrons. The fraction of sp³-hybridized carbons (Fsp3) is 0.143. The van der Waals surface area contributed by atoms with E-state index in [1.807, 2.05) is 0 Å². The lowest BCUT2D eigenvalue weighted by Gasteiger charge is -2.26. The molecule has 0 spiro atoms. The van der Waals surface area contributed by atoms with Crippen molar-refractivity contribution in [3.8, 4) is 5.75 Å². The zero-order valence-electron chi connectivity index (χ0n) is 15.7. The summed E-state index contributed by atoms with van der Waals surface area (Å²) in [6, 6.07) is 12.4. The SMILES string of the molecule is COc1ccc(N(Cc2ccc(F)cc2F)S(=O)(=O)c2cc(F)ccc2C)cc1. The largest absolute Gasteiger partial charge is 0.497 e. The lowest BCUT2D eigenvalue weighted by molar-refractivity contribution is 0.415. The molecule has 0 aromatic heterocycles. The summed E-state index contributed by atoms with van der Waals surface area (Å²) < 4.78 is 74.1. The van der Waals surface area contributed by atoms with Crippen molar-refractivity contribution in [2.24, 2.45) is 0 Å². The second-order valence-electron chi connectivity index (χ2n) is 6.36. The van der Waals surface area contributed by atoms with Crippen molar-refractivity contribution in [3.05, 3.63) is 89.2 Å². The van der Waals surface area contributed by atoms with Gasteiger partial charge in [0.1, 0.15) is 23.2 Å². The van der Waals surface area contributed by atoms with Crippen LogP contribution >= 0.6 is 0 Å². The molecule has 0 aliphatic heterocycles. The predicted molar refractivity (Wildman–Crippen MR) is 104 cm³/mol. The number of ether oxygens (including phenoxy) is 1. The Bertz CT molecular complexity index is 1130. The number of hydrogen-bond donors (Lipinski definition) is 0. The first-order chi connectivity index (χ1) is 13.7. The van der Waals surface area contributed by atoms with E-state index in [-0.39, 0.29) is 16.1 Å². The van der Waals surface area contributed by atoms with Gasteiger partial charge in [-0.15, -0.1) is 0 Å². The third-order valence-corrected chi connectivity index (χ3v) is 6.32. The fourth-order valence-corrected chi connectivity index (χ4v) is 4.52. The fourth-order valence-electron chi connectivity index (χ4n) is 2.84. The van der Waals surface area contributed by atoms with Gasteiger partial charge >= 0.3 is 0 Å². The van der Waals surface area contributed by atoms with Crippen LogP contribution in [0.1, 0.15) is 11.1 Å². The van der Waals surface area contributed by atoms with E-state index >= 15 is 0 Å². The minimum absolute atomic E-state index is 0.0279. The van der Waals surface area contributed by atoms with Gasteiger partial charge in [-0.2, -0.15) is 0 Å². The summed E-state index contributed by atoms with van der Waals surface area (Å²) in [5.74, 6) is -1.86. The number of nitrogens with zero attached hydrogens (tertiary/aromatic N) is 1. The molecule has 0 atom stereocenters. The van der Waals surface area contributed by atoms with Crippen LogP contribution in [0.5, 0.6) is 5.75 Å². The van der Waals surface area contributed by atoms with E-state index in [1.165, 1.54) is 38.3 Å². The maximum Gasteiger partial charge on any atom is 0.264 e. The molecule has 0 bridgehead atoms. The van der Waals surface area contributed by atoms with Crippen LogP contribution in [-0.4, -0.2) is 15.5 Å². The first-order valence-electron chi connectivity index (χ1n) is 8.59. The van der Waals surface area contributed by atoms with Gasteiger partial charge in [-0.3, -0.25) is 4.31 Å². The minimum Gasteiger partial charge on any atom is -0.497 e. The van der Waals surface area contributed by atoms with E-state index in [9.17, 15) is 21.6 Å². The number of anilines is 1. The average molecular weight is 421 g/mol. The Labute approximate surface area is 167 Å². The van der Waals surface area contributed by atoms with Crippen LogP contribution in [0.25, 0.3) is 0 Å². The second-order valence-corrected chi connectivity index (χ2v) is 8.19. The van der Waals surface area contributed by atoms with Crippen molar-refractivity contribution < 1.29 is 26.3 Å². The van der Waals surface area contributed by atoms with Crippen molar-refractivity contribution >= 4 is 15.7 Å². The maximum atomic E-state index is 14.2. The van der Waals surface area contributed by atoms with Gasteiger partial charge in [-0.05, 0) is 55.0 Å². The topological polar surface area (TPSA) is 46.6 Å². The number of aryl methyl sites for hydroxylation is 1. The van der Waals surface area contributed by atoms with Crippen LogP contribution in [-0.2, 0) is 16.6 Å². The average Bonchev–Trinajstić information content (AvgIpc) is 2.69. The molecule has 0 aliphatic carbocycles. The number of benzene rings is 3. The van der Waals surface area contributed by atoms with Crippen LogP contribution in [0.15, 0.2) is 65.6 Å². The lowest BCUT2D eigenvalue weighted by atomic mass is 10.2. The van der Waals surface area contributed by atoms with Crippen LogP contribution < -0.4 is 9.04 Å². The normalized spacial score (nSPS) is 11.3. The van der Waals surface area contributed by atoms with Gasteiger partial charge in [-0.25, -0.2) is 21.6 Å². The molecule has 29 heavy (non-hydrogen) atoms. The molecule has 8 heteroatoms. The molecule has 152 valence electrons. The van der Waals surface area contributed by atoms with Gasteiger partial charge in [0.05, 0.1) is 24.2 Å². The molecule has 0 N–H and O–H groups in total. The lowest BCUT2D eigenvalue weighted by Crippen LogP contribution is -2.31. The summed E-state index contributed by atoms with van der Waals surface area (Å²) in [6.07, 6.45) is 0. The molecule has 3 rings (SSSR count). The number of halogens is 3. The Morgan fingerprint density at radius 2 is 1.52 bits per heavy atom. The number of rotatable bonds is 6. The Kier molecular flexibility index (Phi) is 5.83. The molecule has 0 fully saturated rings. The summed E-state index contributed by atoms with van der Waals surface area (Å²) in [4.78, 5) is -0.240. The summed E-state index contributed by atoms with van der Waals surface area (Å²) in [5, 5.41) is 0. The van der Waals surface area contributed by atoms with Crippen molar-refractivity contribution in [2.45, 2.75) is 18.4 Å². The Hall–Kier alpha value is -3.00.